The lowest BCUT2D eigenvalue weighted by molar-refractivity contribution is 0.645. The van der Waals surface area contributed by atoms with Gasteiger partial charge in [-0.25, -0.2) is 0 Å². The van der Waals surface area contributed by atoms with E-state index in [0.717, 1.165) is 88.8 Å². The number of hydrogen-bond donors (Lipinski definition) is 0. The Bertz CT molecular complexity index is 3150. The average molecular weight is 693 g/mol. The molecule has 0 N–H and O–H groups in total. The van der Waals surface area contributed by atoms with E-state index in [0.29, 0.717) is 0 Å². The second kappa shape index (κ2) is 12.1. The molecule has 3 heterocycles. The summed E-state index contributed by atoms with van der Waals surface area (Å²) in [4.78, 5) is 2.31. The van der Waals surface area contributed by atoms with E-state index < -0.39 is 0 Å². The smallest absolute Gasteiger partial charge is 0.213 e. The molecular weight excluding hydrogens is 661 g/mol. The third kappa shape index (κ3) is 4.70. The molecule has 54 heavy (non-hydrogen) atoms. The molecule has 3 aromatic heterocycles. The van der Waals surface area contributed by atoms with Crippen LogP contribution in [0, 0.1) is 0 Å². The van der Waals surface area contributed by atoms with Gasteiger partial charge in [-0.3, -0.25) is 4.57 Å². The number of para-hydroxylation sites is 4. The molecule has 0 spiro atoms. The van der Waals surface area contributed by atoms with Crippen LogP contribution in [0.3, 0.4) is 0 Å². The number of hydrogen-bond acceptors (Lipinski definition) is 3. The van der Waals surface area contributed by atoms with E-state index in [1.54, 1.807) is 0 Å². The Morgan fingerprint density at radius 2 is 1.06 bits per heavy atom. The quantitative estimate of drug-likeness (QED) is 0.174. The van der Waals surface area contributed by atoms with Crippen LogP contribution >= 0.6 is 0 Å². The molecule has 11 aromatic rings. The lowest BCUT2D eigenvalue weighted by Crippen LogP contribution is -2.10. The number of fused-ring (bicyclic) bond motifs is 8. The zero-order valence-corrected chi connectivity index (χ0v) is 29.2. The first-order valence-electron chi connectivity index (χ1n) is 18.3. The minimum Gasteiger partial charge on any atom is -0.454 e. The molecule has 0 atom stereocenters. The summed E-state index contributed by atoms with van der Waals surface area (Å²) < 4.78 is 15.6. The van der Waals surface area contributed by atoms with Crippen molar-refractivity contribution in [3.63, 3.8) is 0 Å². The maximum Gasteiger partial charge on any atom is 0.213 e. The fourth-order valence-corrected chi connectivity index (χ4v) is 8.19. The SMILES string of the molecule is c1ccc(-c2ccc(N(c3cccc(-c4cccc5oc6c(c7ccccc7n6-c6ccccc6)c45)c3)c3cccc4c3oc3ccccc34)cc2)cc1. The molecule has 254 valence electrons. The number of furan rings is 2. The zero-order chi connectivity index (χ0) is 35.6. The third-order valence-electron chi connectivity index (χ3n) is 10.6. The molecule has 8 aromatic carbocycles. The summed E-state index contributed by atoms with van der Waals surface area (Å²) in [6, 6.07) is 68.3. The molecular formula is C50H32N2O2. The van der Waals surface area contributed by atoms with E-state index in [-0.39, 0.29) is 0 Å². The van der Waals surface area contributed by atoms with Crippen LogP contribution in [-0.4, -0.2) is 4.57 Å². The van der Waals surface area contributed by atoms with Crippen LogP contribution in [-0.2, 0) is 0 Å². The van der Waals surface area contributed by atoms with Crippen LogP contribution in [0.25, 0.3) is 82.9 Å². The molecule has 0 unspecified atom stereocenters. The summed E-state index contributed by atoms with van der Waals surface area (Å²) in [5.41, 5.74) is 13.2. The van der Waals surface area contributed by atoms with Crippen molar-refractivity contribution in [1.29, 1.82) is 0 Å². The van der Waals surface area contributed by atoms with Crippen molar-refractivity contribution in [2.75, 3.05) is 4.90 Å². The highest BCUT2D eigenvalue weighted by Gasteiger charge is 2.23. The van der Waals surface area contributed by atoms with Gasteiger partial charge in [0, 0.05) is 38.6 Å². The van der Waals surface area contributed by atoms with Crippen molar-refractivity contribution in [2.24, 2.45) is 0 Å². The van der Waals surface area contributed by atoms with Gasteiger partial charge in [0.1, 0.15) is 11.2 Å². The highest BCUT2D eigenvalue weighted by atomic mass is 16.3. The average Bonchev–Trinajstić information content (AvgIpc) is 3.91. The number of nitrogens with zero attached hydrogens (tertiary/aromatic N) is 2. The van der Waals surface area contributed by atoms with Crippen molar-refractivity contribution in [3.8, 4) is 27.9 Å². The third-order valence-corrected chi connectivity index (χ3v) is 10.6. The van der Waals surface area contributed by atoms with Crippen LogP contribution in [0.2, 0.25) is 0 Å². The monoisotopic (exact) mass is 692 g/mol. The van der Waals surface area contributed by atoms with Gasteiger partial charge in [0.15, 0.2) is 5.58 Å². The molecule has 4 nitrogen and oxygen atoms in total. The maximum absolute atomic E-state index is 6.77. The molecule has 0 bridgehead atoms. The molecule has 0 amide bonds. The van der Waals surface area contributed by atoms with Gasteiger partial charge in [0.05, 0.1) is 16.6 Å². The molecule has 0 aliphatic carbocycles. The molecule has 0 aliphatic rings. The number of rotatable bonds is 6. The molecule has 0 fully saturated rings. The second-order valence-corrected chi connectivity index (χ2v) is 13.7. The number of anilines is 3. The summed E-state index contributed by atoms with van der Waals surface area (Å²) in [6.07, 6.45) is 0. The van der Waals surface area contributed by atoms with Crippen molar-refractivity contribution in [3.05, 3.63) is 194 Å². The molecule has 0 radical (unpaired) electrons. The predicted octanol–water partition coefficient (Wildman–Crippen LogP) is 14.2. The van der Waals surface area contributed by atoms with E-state index in [1.165, 1.54) is 11.1 Å². The van der Waals surface area contributed by atoms with Crippen LogP contribution in [0.4, 0.5) is 17.1 Å². The summed E-state index contributed by atoms with van der Waals surface area (Å²) in [5, 5.41) is 5.58. The van der Waals surface area contributed by atoms with Crippen molar-refractivity contribution < 1.29 is 8.83 Å². The van der Waals surface area contributed by atoms with E-state index in [4.69, 9.17) is 8.83 Å². The normalized spacial score (nSPS) is 11.7. The van der Waals surface area contributed by atoms with Gasteiger partial charge in [-0.2, -0.15) is 0 Å². The van der Waals surface area contributed by atoms with Crippen LogP contribution in [0.5, 0.6) is 0 Å². The Morgan fingerprint density at radius 1 is 0.407 bits per heavy atom. The minimum atomic E-state index is 0.845. The molecule has 4 heteroatoms. The number of aromatic nitrogens is 1. The van der Waals surface area contributed by atoms with Gasteiger partial charge in [0.2, 0.25) is 5.71 Å². The first-order chi connectivity index (χ1) is 26.8. The predicted molar refractivity (Wildman–Crippen MR) is 223 cm³/mol. The summed E-state index contributed by atoms with van der Waals surface area (Å²) in [6.45, 7) is 0. The molecule has 0 saturated carbocycles. The van der Waals surface area contributed by atoms with Crippen molar-refractivity contribution in [2.45, 2.75) is 0 Å². The lowest BCUT2D eigenvalue weighted by Gasteiger charge is -2.26. The highest BCUT2D eigenvalue weighted by Crippen LogP contribution is 2.46. The fourth-order valence-electron chi connectivity index (χ4n) is 8.19. The van der Waals surface area contributed by atoms with Crippen molar-refractivity contribution in [1.82, 2.24) is 4.57 Å². The Balaban J connectivity index is 1.13. The topological polar surface area (TPSA) is 34.5 Å². The van der Waals surface area contributed by atoms with Crippen LogP contribution < -0.4 is 4.90 Å². The van der Waals surface area contributed by atoms with Gasteiger partial charge < -0.3 is 13.7 Å². The zero-order valence-electron chi connectivity index (χ0n) is 29.2. The number of benzene rings is 8. The molecule has 11 rings (SSSR count). The summed E-state index contributed by atoms with van der Waals surface area (Å²) >= 11 is 0. The Labute approximate surface area is 311 Å². The van der Waals surface area contributed by atoms with E-state index in [2.05, 4.69) is 185 Å². The van der Waals surface area contributed by atoms with Gasteiger partial charge in [0.25, 0.3) is 0 Å². The largest absolute Gasteiger partial charge is 0.454 e. The Morgan fingerprint density at radius 3 is 1.91 bits per heavy atom. The van der Waals surface area contributed by atoms with Gasteiger partial charge in [-0.1, -0.05) is 133 Å². The maximum atomic E-state index is 6.77. The standard InChI is InChI=1S/C50H32N2O2/c1-3-14-33(15-4-1)34-28-30-37(31-29-34)51(44-25-12-23-41-40-20-8-10-26-45(40)53-49(41)44)38-19-11-16-35(32-38)39-22-13-27-46-47(39)48-42-21-7-9-24-43(42)52(50(48)54-46)36-17-5-2-6-18-36/h1-32H. The van der Waals surface area contributed by atoms with Gasteiger partial charge in [-0.05, 0) is 82.9 Å². The Kier molecular flexibility index (Phi) is 6.82. The lowest BCUT2D eigenvalue weighted by atomic mass is 9.98. The molecule has 0 aliphatic heterocycles. The fraction of sp³-hybridized carbons (Fsp3) is 0. The summed E-state index contributed by atoms with van der Waals surface area (Å²) in [5.74, 6) is 0. The minimum absolute atomic E-state index is 0.845. The van der Waals surface area contributed by atoms with Gasteiger partial charge >= 0.3 is 0 Å². The molecule has 0 saturated heterocycles. The van der Waals surface area contributed by atoms with Crippen molar-refractivity contribution >= 4 is 72.0 Å². The first kappa shape index (κ1) is 30.3. The summed E-state index contributed by atoms with van der Waals surface area (Å²) in [7, 11) is 0. The van der Waals surface area contributed by atoms with Gasteiger partial charge in [-0.15, -0.1) is 0 Å². The highest BCUT2D eigenvalue weighted by molar-refractivity contribution is 6.23. The van der Waals surface area contributed by atoms with E-state index >= 15 is 0 Å². The van der Waals surface area contributed by atoms with E-state index in [1.807, 2.05) is 18.2 Å². The van der Waals surface area contributed by atoms with Crippen LogP contribution in [0.15, 0.2) is 203 Å². The van der Waals surface area contributed by atoms with Crippen LogP contribution in [0.1, 0.15) is 0 Å². The second-order valence-electron chi connectivity index (χ2n) is 13.7. The Hall–Kier alpha value is -7.30. The first-order valence-corrected chi connectivity index (χ1v) is 18.3. The van der Waals surface area contributed by atoms with E-state index in [9.17, 15) is 0 Å².